The third kappa shape index (κ3) is 4.47. The van der Waals surface area contributed by atoms with Crippen LogP contribution in [0.4, 0.5) is 0 Å². The standard InChI is InChI=1S/C14H20O3/c1-10(2)8-12(9-14(16)17-3)11-4-6-13(15)7-5-11/h4-7,10,12,15H,8-9H2,1-3H3/t12-/m0/s1. The van der Waals surface area contributed by atoms with Gasteiger partial charge in [0.2, 0.25) is 0 Å². The lowest BCUT2D eigenvalue weighted by atomic mass is 9.88. The SMILES string of the molecule is COC(=O)C[C@H](CC(C)C)c1ccc(O)cc1. The number of carbonyl (C=O) groups is 1. The molecule has 0 aliphatic heterocycles. The highest BCUT2D eigenvalue weighted by Crippen LogP contribution is 2.28. The molecule has 0 fully saturated rings. The summed E-state index contributed by atoms with van der Waals surface area (Å²) < 4.78 is 4.72. The van der Waals surface area contributed by atoms with Crippen molar-refractivity contribution in [2.75, 3.05) is 7.11 Å². The number of hydrogen-bond acceptors (Lipinski definition) is 3. The Kier molecular flexibility index (Phi) is 5.01. The fourth-order valence-electron chi connectivity index (χ4n) is 1.94. The van der Waals surface area contributed by atoms with Crippen molar-refractivity contribution >= 4 is 5.97 Å². The number of aromatic hydroxyl groups is 1. The molecule has 1 rings (SSSR count). The number of carbonyl (C=O) groups excluding carboxylic acids is 1. The van der Waals surface area contributed by atoms with Crippen molar-refractivity contribution in [3.63, 3.8) is 0 Å². The van der Waals surface area contributed by atoms with E-state index in [0.717, 1.165) is 12.0 Å². The van der Waals surface area contributed by atoms with E-state index >= 15 is 0 Å². The van der Waals surface area contributed by atoms with Gasteiger partial charge in [-0.3, -0.25) is 4.79 Å². The molecule has 0 saturated heterocycles. The first-order valence-corrected chi connectivity index (χ1v) is 5.88. The maximum absolute atomic E-state index is 11.4. The van der Waals surface area contributed by atoms with Crippen LogP contribution in [-0.2, 0) is 9.53 Å². The van der Waals surface area contributed by atoms with E-state index in [-0.39, 0.29) is 17.6 Å². The van der Waals surface area contributed by atoms with Crippen molar-refractivity contribution in [1.29, 1.82) is 0 Å². The van der Waals surface area contributed by atoms with Gasteiger partial charge in [-0.15, -0.1) is 0 Å². The van der Waals surface area contributed by atoms with Crippen molar-refractivity contribution in [3.8, 4) is 5.75 Å². The topological polar surface area (TPSA) is 46.5 Å². The number of ether oxygens (including phenoxy) is 1. The second-order valence-electron chi connectivity index (χ2n) is 4.70. The van der Waals surface area contributed by atoms with E-state index in [9.17, 15) is 9.90 Å². The molecule has 1 aromatic rings. The molecular formula is C14H20O3. The molecule has 3 nitrogen and oxygen atoms in total. The fraction of sp³-hybridized carbons (Fsp3) is 0.500. The van der Waals surface area contributed by atoms with Gasteiger partial charge in [-0.2, -0.15) is 0 Å². The second kappa shape index (κ2) is 6.28. The molecule has 17 heavy (non-hydrogen) atoms. The molecule has 94 valence electrons. The highest BCUT2D eigenvalue weighted by atomic mass is 16.5. The van der Waals surface area contributed by atoms with Crippen LogP contribution in [0.15, 0.2) is 24.3 Å². The van der Waals surface area contributed by atoms with Gasteiger partial charge >= 0.3 is 5.97 Å². The van der Waals surface area contributed by atoms with Crippen molar-refractivity contribution in [3.05, 3.63) is 29.8 Å². The summed E-state index contributed by atoms with van der Waals surface area (Å²) in [4.78, 5) is 11.4. The number of esters is 1. The van der Waals surface area contributed by atoms with Crippen LogP contribution in [0, 0.1) is 5.92 Å². The zero-order valence-electron chi connectivity index (χ0n) is 10.6. The smallest absolute Gasteiger partial charge is 0.306 e. The molecule has 0 heterocycles. The maximum Gasteiger partial charge on any atom is 0.306 e. The third-order valence-electron chi connectivity index (χ3n) is 2.76. The molecule has 0 bridgehead atoms. The highest BCUT2D eigenvalue weighted by Gasteiger charge is 2.17. The van der Waals surface area contributed by atoms with Gasteiger partial charge in [-0.25, -0.2) is 0 Å². The first-order valence-electron chi connectivity index (χ1n) is 5.88. The summed E-state index contributed by atoms with van der Waals surface area (Å²) in [6.45, 7) is 4.26. The summed E-state index contributed by atoms with van der Waals surface area (Å²) in [7, 11) is 1.41. The summed E-state index contributed by atoms with van der Waals surface area (Å²) in [5, 5.41) is 9.26. The highest BCUT2D eigenvalue weighted by molar-refractivity contribution is 5.70. The van der Waals surface area contributed by atoms with E-state index in [2.05, 4.69) is 13.8 Å². The number of phenolic OH excluding ortho intramolecular Hbond substituents is 1. The van der Waals surface area contributed by atoms with Crippen molar-refractivity contribution in [1.82, 2.24) is 0 Å². The van der Waals surface area contributed by atoms with Gasteiger partial charge in [0.1, 0.15) is 5.75 Å². The summed E-state index contributed by atoms with van der Waals surface area (Å²) in [6.07, 6.45) is 1.32. The van der Waals surface area contributed by atoms with E-state index in [1.165, 1.54) is 7.11 Å². The van der Waals surface area contributed by atoms with Crippen molar-refractivity contribution in [2.24, 2.45) is 5.92 Å². The Morgan fingerprint density at radius 2 is 1.88 bits per heavy atom. The minimum atomic E-state index is -0.191. The molecular weight excluding hydrogens is 216 g/mol. The predicted molar refractivity (Wildman–Crippen MR) is 66.9 cm³/mol. The van der Waals surface area contributed by atoms with E-state index in [4.69, 9.17) is 4.74 Å². The lowest BCUT2D eigenvalue weighted by Crippen LogP contribution is -2.10. The van der Waals surface area contributed by atoms with Crippen LogP contribution in [-0.4, -0.2) is 18.2 Å². The molecule has 0 saturated carbocycles. The zero-order valence-corrected chi connectivity index (χ0v) is 10.6. The second-order valence-corrected chi connectivity index (χ2v) is 4.70. The van der Waals surface area contributed by atoms with Gasteiger partial charge < -0.3 is 9.84 Å². The molecule has 0 amide bonds. The van der Waals surface area contributed by atoms with Gasteiger partial charge in [0.05, 0.1) is 13.5 Å². The molecule has 0 spiro atoms. The fourth-order valence-corrected chi connectivity index (χ4v) is 1.94. The molecule has 0 radical (unpaired) electrons. The quantitative estimate of drug-likeness (QED) is 0.799. The monoisotopic (exact) mass is 236 g/mol. The first-order chi connectivity index (χ1) is 8.02. The van der Waals surface area contributed by atoms with Crippen LogP contribution in [0.3, 0.4) is 0 Å². The van der Waals surface area contributed by atoms with Crippen molar-refractivity contribution < 1.29 is 14.6 Å². The molecule has 0 aromatic heterocycles. The number of methoxy groups -OCH3 is 1. The van der Waals surface area contributed by atoms with Crippen LogP contribution >= 0.6 is 0 Å². The minimum absolute atomic E-state index is 0.156. The van der Waals surface area contributed by atoms with Gasteiger partial charge in [-0.1, -0.05) is 26.0 Å². The van der Waals surface area contributed by atoms with Crippen LogP contribution in [0.1, 0.15) is 38.2 Å². The number of benzene rings is 1. The average Bonchev–Trinajstić information content (AvgIpc) is 2.28. The number of rotatable bonds is 5. The zero-order chi connectivity index (χ0) is 12.8. The predicted octanol–water partition coefficient (Wildman–Crippen LogP) is 3.09. The summed E-state index contributed by atoms with van der Waals surface area (Å²) in [5.74, 6) is 0.723. The van der Waals surface area contributed by atoms with E-state index < -0.39 is 0 Å². The Hall–Kier alpha value is -1.51. The molecule has 0 unspecified atom stereocenters. The Morgan fingerprint density at radius 1 is 1.29 bits per heavy atom. The average molecular weight is 236 g/mol. The van der Waals surface area contributed by atoms with Crippen LogP contribution in [0.2, 0.25) is 0 Å². The summed E-state index contributed by atoms with van der Waals surface area (Å²) in [6, 6.07) is 7.04. The lowest BCUT2D eigenvalue weighted by Gasteiger charge is -2.18. The summed E-state index contributed by atoms with van der Waals surface area (Å²) >= 11 is 0. The minimum Gasteiger partial charge on any atom is -0.508 e. The van der Waals surface area contributed by atoms with E-state index in [0.29, 0.717) is 12.3 Å². The van der Waals surface area contributed by atoms with Crippen LogP contribution in [0.5, 0.6) is 5.75 Å². The van der Waals surface area contributed by atoms with Crippen LogP contribution in [0.25, 0.3) is 0 Å². The Balaban J connectivity index is 2.81. The van der Waals surface area contributed by atoms with E-state index in [1.807, 2.05) is 12.1 Å². The molecule has 0 aliphatic carbocycles. The lowest BCUT2D eigenvalue weighted by molar-refractivity contribution is -0.141. The van der Waals surface area contributed by atoms with Gasteiger partial charge in [0.15, 0.2) is 0 Å². The largest absolute Gasteiger partial charge is 0.508 e. The normalized spacial score (nSPS) is 12.5. The molecule has 0 aliphatic rings. The summed E-state index contributed by atoms with van der Waals surface area (Å²) in [5.41, 5.74) is 1.07. The van der Waals surface area contributed by atoms with Crippen LogP contribution < -0.4 is 0 Å². The Morgan fingerprint density at radius 3 is 2.35 bits per heavy atom. The third-order valence-corrected chi connectivity index (χ3v) is 2.76. The molecule has 3 heteroatoms. The van der Waals surface area contributed by atoms with Gasteiger partial charge in [0, 0.05) is 0 Å². The first kappa shape index (κ1) is 13.6. The van der Waals surface area contributed by atoms with Crippen molar-refractivity contribution in [2.45, 2.75) is 32.6 Å². The molecule has 1 atom stereocenters. The maximum atomic E-state index is 11.4. The van der Waals surface area contributed by atoms with Gasteiger partial charge in [-0.05, 0) is 36.0 Å². The Labute approximate surface area is 102 Å². The van der Waals surface area contributed by atoms with E-state index in [1.54, 1.807) is 12.1 Å². The number of phenols is 1. The number of hydrogen-bond donors (Lipinski definition) is 1. The molecule has 1 aromatic carbocycles. The van der Waals surface area contributed by atoms with Gasteiger partial charge in [0.25, 0.3) is 0 Å². The Bertz CT molecular complexity index is 354. The molecule has 1 N–H and O–H groups in total.